The van der Waals surface area contributed by atoms with Crippen LogP contribution in [-0.4, -0.2) is 31.1 Å². The van der Waals surface area contributed by atoms with Gasteiger partial charge in [-0.25, -0.2) is 9.59 Å². The zero-order chi connectivity index (χ0) is 13.5. The average molecular weight is 250 g/mol. The van der Waals surface area contributed by atoms with E-state index in [4.69, 9.17) is 0 Å². The molecule has 0 radical (unpaired) electrons. The Labute approximate surface area is 98.6 Å². The Bertz CT molecular complexity index is 300. The molecule has 0 bridgehead atoms. The molecule has 0 aromatic rings. The Balaban J connectivity index is 3.69. The maximum Gasteiger partial charge on any atom is 0.376 e. The third-order valence-corrected chi connectivity index (χ3v) is 1.85. The molecule has 98 valence electrons. The minimum absolute atomic E-state index is 0.00330. The van der Waals surface area contributed by atoms with E-state index >= 15 is 0 Å². The second-order valence-electron chi connectivity index (χ2n) is 3.46. The zero-order valence-corrected chi connectivity index (χ0v) is 9.92. The quantitative estimate of drug-likeness (QED) is 0.394. The fraction of sp³-hybridized carbons (Fsp3) is 0.636. The molecule has 0 aromatic carbocycles. The summed E-state index contributed by atoms with van der Waals surface area (Å²) in [6.45, 7) is 5.83. The van der Waals surface area contributed by atoms with Crippen molar-refractivity contribution in [1.29, 1.82) is 0 Å². The van der Waals surface area contributed by atoms with Crippen molar-refractivity contribution in [3.63, 3.8) is 0 Å². The third kappa shape index (κ3) is 5.99. The maximum atomic E-state index is 12.7. The number of rotatable bonds is 7. The molecule has 0 aliphatic heterocycles. The van der Waals surface area contributed by atoms with Crippen molar-refractivity contribution in [3.05, 3.63) is 12.2 Å². The highest BCUT2D eigenvalue weighted by molar-refractivity contribution is 5.86. The second kappa shape index (κ2) is 6.98. The Morgan fingerprint density at radius 1 is 1.24 bits per heavy atom. The number of alkyl halides is 2. The Hall–Kier alpha value is -1.46. The number of carbonyl (C=O) groups excluding carboxylic acids is 2. The molecule has 0 atom stereocenters. The summed E-state index contributed by atoms with van der Waals surface area (Å²) in [5, 5.41) is 0. The van der Waals surface area contributed by atoms with E-state index in [2.05, 4.69) is 16.1 Å². The van der Waals surface area contributed by atoms with Crippen LogP contribution in [0.3, 0.4) is 0 Å². The summed E-state index contributed by atoms with van der Waals surface area (Å²) in [5.74, 6) is -5.56. The first-order chi connectivity index (χ1) is 7.81. The molecule has 0 fully saturated rings. The summed E-state index contributed by atoms with van der Waals surface area (Å²) in [7, 11) is 0. The molecule has 0 aliphatic carbocycles. The van der Waals surface area contributed by atoms with Crippen LogP contribution in [0.5, 0.6) is 0 Å². The van der Waals surface area contributed by atoms with Crippen molar-refractivity contribution in [2.24, 2.45) is 0 Å². The largest absolute Gasteiger partial charge is 0.462 e. The minimum atomic E-state index is -3.45. The molecule has 0 aliphatic rings. The van der Waals surface area contributed by atoms with Crippen molar-refractivity contribution in [1.82, 2.24) is 0 Å². The predicted octanol–water partition coefficient (Wildman–Crippen LogP) is 2.08. The van der Waals surface area contributed by atoms with Gasteiger partial charge in [0.05, 0.1) is 13.2 Å². The number of carbonyl (C=O) groups is 2. The lowest BCUT2D eigenvalue weighted by Crippen LogP contribution is -2.30. The van der Waals surface area contributed by atoms with Crippen LogP contribution in [0.2, 0.25) is 0 Å². The average Bonchev–Trinajstić information content (AvgIpc) is 2.27. The third-order valence-electron chi connectivity index (χ3n) is 1.85. The van der Waals surface area contributed by atoms with E-state index in [9.17, 15) is 18.4 Å². The summed E-state index contributed by atoms with van der Waals surface area (Å²) in [6.07, 6.45) is -0.430. The first-order valence-electron chi connectivity index (χ1n) is 5.19. The number of esters is 2. The van der Waals surface area contributed by atoms with Crippen LogP contribution < -0.4 is 0 Å². The van der Waals surface area contributed by atoms with Gasteiger partial charge in [-0.05, 0) is 6.92 Å². The molecule has 0 spiro atoms. The molecule has 4 nitrogen and oxygen atoms in total. The molecule has 0 heterocycles. The lowest BCUT2D eigenvalue weighted by Gasteiger charge is -2.12. The Kier molecular flexibility index (Phi) is 6.38. The van der Waals surface area contributed by atoms with Crippen molar-refractivity contribution in [3.8, 4) is 0 Å². The summed E-state index contributed by atoms with van der Waals surface area (Å²) in [4.78, 5) is 21.7. The Morgan fingerprint density at radius 2 is 1.76 bits per heavy atom. The fourth-order valence-corrected chi connectivity index (χ4v) is 0.762. The van der Waals surface area contributed by atoms with Gasteiger partial charge in [-0.3, -0.25) is 0 Å². The van der Waals surface area contributed by atoms with Crippen molar-refractivity contribution < 1.29 is 27.8 Å². The monoisotopic (exact) mass is 250 g/mol. The smallest absolute Gasteiger partial charge is 0.376 e. The highest BCUT2D eigenvalue weighted by atomic mass is 19.3. The number of halogens is 2. The minimum Gasteiger partial charge on any atom is -0.462 e. The standard InChI is InChI=1S/C11H16F2O4/c1-4-11(12,13)10(15)17-7-5-6-16-9(14)8(2)3/h2,4-7H2,1,3H3. The maximum absolute atomic E-state index is 12.7. The lowest BCUT2D eigenvalue weighted by atomic mass is 10.3. The van der Waals surface area contributed by atoms with Gasteiger partial charge >= 0.3 is 17.9 Å². The molecule has 17 heavy (non-hydrogen) atoms. The molecular weight excluding hydrogens is 234 g/mol. The van der Waals surface area contributed by atoms with Gasteiger partial charge in [-0.15, -0.1) is 0 Å². The van der Waals surface area contributed by atoms with Gasteiger partial charge in [0, 0.05) is 18.4 Å². The van der Waals surface area contributed by atoms with Crippen LogP contribution in [0.1, 0.15) is 26.7 Å². The van der Waals surface area contributed by atoms with Crippen molar-refractivity contribution in [2.75, 3.05) is 13.2 Å². The number of hydrogen-bond donors (Lipinski definition) is 0. The topological polar surface area (TPSA) is 52.6 Å². The van der Waals surface area contributed by atoms with E-state index in [1.54, 1.807) is 0 Å². The summed E-state index contributed by atoms with van der Waals surface area (Å²) in [6, 6.07) is 0. The molecule has 0 amide bonds. The number of hydrogen-bond acceptors (Lipinski definition) is 4. The normalized spacial score (nSPS) is 10.8. The first-order valence-corrected chi connectivity index (χ1v) is 5.19. The Morgan fingerprint density at radius 3 is 2.24 bits per heavy atom. The summed E-state index contributed by atoms with van der Waals surface area (Å²) < 4.78 is 34.5. The van der Waals surface area contributed by atoms with Crippen molar-refractivity contribution >= 4 is 11.9 Å². The van der Waals surface area contributed by atoms with Crippen LogP contribution in [0, 0.1) is 0 Å². The zero-order valence-electron chi connectivity index (χ0n) is 9.92. The van der Waals surface area contributed by atoms with Crippen LogP contribution in [0.25, 0.3) is 0 Å². The van der Waals surface area contributed by atoms with Gasteiger partial charge in [0.25, 0.3) is 0 Å². The number of ether oxygens (including phenoxy) is 2. The van der Waals surface area contributed by atoms with E-state index < -0.39 is 24.3 Å². The van der Waals surface area contributed by atoms with Crippen molar-refractivity contribution in [2.45, 2.75) is 32.6 Å². The SMILES string of the molecule is C=C(C)C(=O)OCCCOC(=O)C(F)(F)CC. The molecule has 6 heteroatoms. The van der Waals surface area contributed by atoms with Crippen LogP contribution in [-0.2, 0) is 19.1 Å². The van der Waals surface area contributed by atoms with Gasteiger partial charge in [0.1, 0.15) is 0 Å². The molecule has 0 saturated heterocycles. The van der Waals surface area contributed by atoms with E-state index in [1.807, 2.05) is 0 Å². The second-order valence-corrected chi connectivity index (χ2v) is 3.46. The molecule has 0 rings (SSSR count). The molecule has 0 saturated carbocycles. The van der Waals surface area contributed by atoms with Gasteiger partial charge in [0.2, 0.25) is 0 Å². The highest BCUT2D eigenvalue weighted by Gasteiger charge is 2.38. The van der Waals surface area contributed by atoms with E-state index in [0.717, 1.165) is 0 Å². The van der Waals surface area contributed by atoms with Gasteiger partial charge in [-0.1, -0.05) is 13.5 Å². The molecule has 0 aromatic heterocycles. The molecule has 0 unspecified atom stereocenters. The van der Waals surface area contributed by atoms with Crippen LogP contribution in [0.4, 0.5) is 8.78 Å². The van der Waals surface area contributed by atoms with Crippen LogP contribution in [0.15, 0.2) is 12.2 Å². The summed E-state index contributed by atoms with van der Waals surface area (Å²) in [5.41, 5.74) is 0.250. The molecular formula is C11H16F2O4. The molecule has 0 N–H and O–H groups in total. The van der Waals surface area contributed by atoms with Crippen LogP contribution >= 0.6 is 0 Å². The van der Waals surface area contributed by atoms with E-state index in [-0.39, 0.29) is 25.2 Å². The van der Waals surface area contributed by atoms with Gasteiger partial charge in [-0.2, -0.15) is 8.78 Å². The lowest BCUT2D eigenvalue weighted by molar-refractivity contribution is -0.172. The first kappa shape index (κ1) is 15.5. The van der Waals surface area contributed by atoms with Gasteiger partial charge in [0.15, 0.2) is 0 Å². The predicted molar refractivity (Wildman–Crippen MR) is 56.6 cm³/mol. The summed E-state index contributed by atoms with van der Waals surface area (Å²) >= 11 is 0. The van der Waals surface area contributed by atoms with E-state index in [0.29, 0.717) is 0 Å². The highest BCUT2D eigenvalue weighted by Crippen LogP contribution is 2.19. The van der Waals surface area contributed by atoms with E-state index in [1.165, 1.54) is 13.8 Å². The van der Waals surface area contributed by atoms with Gasteiger partial charge < -0.3 is 9.47 Å². The fourth-order valence-electron chi connectivity index (χ4n) is 0.762.